The van der Waals surface area contributed by atoms with Crippen LogP contribution < -0.4 is 4.90 Å². The number of hydrogen-bond acceptors (Lipinski definition) is 8. The average molecular weight is 422 g/mol. The molecule has 1 aliphatic rings. The minimum absolute atomic E-state index is 0.117. The lowest BCUT2D eigenvalue weighted by atomic mass is 10.3. The maximum Gasteiger partial charge on any atom is 0.374 e. The summed E-state index contributed by atoms with van der Waals surface area (Å²) in [5.41, 5.74) is 0.944. The van der Waals surface area contributed by atoms with E-state index >= 15 is 0 Å². The first-order valence-electron chi connectivity index (χ1n) is 8.86. The van der Waals surface area contributed by atoms with Crippen LogP contribution in [0, 0.1) is 0 Å². The van der Waals surface area contributed by atoms with Crippen molar-refractivity contribution in [1.82, 2.24) is 9.29 Å². The number of sulfonamides is 1. The lowest BCUT2D eigenvalue weighted by Gasteiger charge is -2.33. The zero-order valence-electron chi connectivity index (χ0n) is 15.2. The van der Waals surface area contributed by atoms with Crippen LogP contribution in [0.3, 0.4) is 0 Å². The number of benzene rings is 1. The van der Waals surface area contributed by atoms with E-state index in [0.717, 1.165) is 15.3 Å². The van der Waals surface area contributed by atoms with Gasteiger partial charge in [0.05, 0.1) is 16.8 Å². The van der Waals surface area contributed by atoms with Crippen LogP contribution in [0.2, 0.25) is 0 Å². The highest BCUT2D eigenvalue weighted by Gasteiger charge is 2.32. The van der Waals surface area contributed by atoms with Crippen molar-refractivity contribution in [3.05, 3.63) is 42.2 Å². The number of ether oxygens (including phenoxy) is 1. The molecule has 0 radical (unpaired) electrons. The molecule has 8 nitrogen and oxygen atoms in total. The van der Waals surface area contributed by atoms with Gasteiger partial charge in [0.25, 0.3) is 10.0 Å². The number of nitrogens with zero attached hydrogens (tertiary/aromatic N) is 3. The lowest BCUT2D eigenvalue weighted by Crippen LogP contribution is -2.48. The molecule has 0 unspecified atom stereocenters. The summed E-state index contributed by atoms with van der Waals surface area (Å²) in [5, 5.41) is 0.643. The minimum atomic E-state index is -3.80. The van der Waals surface area contributed by atoms with Gasteiger partial charge < -0.3 is 14.1 Å². The Morgan fingerprint density at radius 3 is 2.64 bits per heavy atom. The number of thiazole rings is 1. The molecule has 3 heterocycles. The van der Waals surface area contributed by atoms with Gasteiger partial charge in [-0.15, -0.1) is 0 Å². The SMILES string of the molecule is CCOC(=O)c1ccc(S(=O)(=O)N2CCN(c3nc4ccccc4s3)CC2)o1. The molecule has 0 spiro atoms. The Morgan fingerprint density at radius 2 is 1.93 bits per heavy atom. The first-order valence-corrected chi connectivity index (χ1v) is 11.1. The molecule has 1 saturated heterocycles. The molecule has 4 rings (SSSR count). The summed E-state index contributed by atoms with van der Waals surface area (Å²) in [4.78, 5) is 18.4. The van der Waals surface area contributed by atoms with Crippen molar-refractivity contribution in [1.29, 1.82) is 0 Å². The predicted molar refractivity (Wildman–Crippen MR) is 105 cm³/mol. The third kappa shape index (κ3) is 3.50. The summed E-state index contributed by atoms with van der Waals surface area (Å²) in [6, 6.07) is 10.5. The zero-order valence-corrected chi connectivity index (χ0v) is 16.8. The molecular formula is C18H19N3O5S2. The number of aromatic nitrogens is 1. The smallest absolute Gasteiger partial charge is 0.374 e. The first kappa shape index (κ1) is 18.9. The van der Waals surface area contributed by atoms with E-state index in [4.69, 9.17) is 9.15 Å². The van der Waals surface area contributed by atoms with Crippen LogP contribution in [0.15, 0.2) is 45.9 Å². The van der Waals surface area contributed by atoms with E-state index in [9.17, 15) is 13.2 Å². The zero-order chi connectivity index (χ0) is 19.7. The van der Waals surface area contributed by atoms with Gasteiger partial charge in [0.1, 0.15) is 0 Å². The number of hydrogen-bond donors (Lipinski definition) is 0. The number of carbonyl (C=O) groups is 1. The number of piperazine rings is 1. The van der Waals surface area contributed by atoms with E-state index in [0.29, 0.717) is 26.2 Å². The Kier molecular flexibility index (Phi) is 5.09. The van der Waals surface area contributed by atoms with Crippen LogP contribution >= 0.6 is 11.3 Å². The molecule has 0 atom stereocenters. The molecule has 0 bridgehead atoms. The summed E-state index contributed by atoms with van der Waals surface area (Å²) in [6.07, 6.45) is 0. The molecule has 1 fully saturated rings. The topological polar surface area (TPSA) is 93.0 Å². The van der Waals surface area contributed by atoms with E-state index in [1.165, 1.54) is 16.4 Å². The van der Waals surface area contributed by atoms with E-state index in [2.05, 4.69) is 9.88 Å². The van der Waals surface area contributed by atoms with E-state index in [-0.39, 0.29) is 17.5 Å². The molecular weight excluding hydrogens is 402 g/mol. The average Bonchev–Trinajstić information content (AvgIpc) is 3.36. The third-order valence-corrected chi connectivity index (χ3v) is 7.31. The number of rotatable bonds is 5. The molecule has 3 aromatic rings. The fourth-order valence-electron chi connectivity index (χ4n) is 3.01. The van der Waals surface area contributed by atoms with Crippen LogP contribution in [0.4, 0.5) is 5.13 Å². The second-order valence-corrected chi connectivity index (χ2v) is 9.07. The number of carbonyl (C=O) groups excluding carboxylic acids is 1. The Morgan fingerprint density at radius 1 is 1.18 bits per heavy atom. The van der Waals surface area contributed by atoms with Crippen molar-refractivity contribution in [2.45, 2.75) is 12.0 Å². The second-order valence-electron chi connectivity index (χ2n) is 6.19. The largest absolute Gasteiger partial charge is 0.460 e. The highest BCUT2D eigenvalue weighted by atomic mass is 32.2. The maximum atomic E-state index is 12.8. The van der Waals surface area contributed by atoms with E-state index < -0.39 is 16.0 Å². The number of fused-ring (bicyclic) bond motifs is 1. The predicted octanol–water partition coefficient (Wildman–Crippen LogP) is 2.58. The van der Waals surface area contributed by atoms with Gasteiger partial charge in [0.15, 0.2) is 5.13 Å². The maximum absolute atomic E-state index is 12.8. The molecule has 0 aliphatic carbocycles. The molecule has 0 N–H and O–H groups in total. The first-order chi connectivity index (χ1) is 13.5. The summed E-state index contributed by atoms with van der Waals surface area (Å²) < 4.78 is 38.2. The van der Waals surface area contributed by atoms with Gasteiger partial charge in [-0.1, -0.05) is 23.5 Å². The number of anilines is 1. The van der Waals surface area contributed by atoms with Crippen LogP contribution in [0.5, 0.6) is 0 Å². The molecule has 1 aliphatic heterocycles. The Bertz CT molecular complexity index is 1060. The van der Waals surface area contributed by atoms with Crippen molar-refractivity contribution in [3.8, 4) is 0 Å². The fourth-order valence-corrected chi connectivity index (χ4v) is 5.36. The van der Waals surface area contributed by atoms with Gasteiger partial charge in [-0.3, -0.25) is 0 Å². The van der Waals surface area contributed by atoms with Crippen LogP contribution in [0.1, 0.15) is 17.5 Å². The van der Waals surface area contributed by atoms with Crippen LogP contribution in [0.25, 0.3) is 10.2 Å². The minimum Gasteiger partial charge on any atom is -0.460 e. The van der Waals surface area contributed by atoms with Gasteiger partial charge in [-0.05, 0) is 31.2 Å². The normalized spacial score (nSPS) is 15.8. The van der Waals surface area contributed by atoms with Crippen LogP contribution in [-0.2, 0) is 14.8 Å². The van der Waals surface area contributed by atoms with Gasteiger partial charge in [0.2, 0.25) is 10.9 Å². The van der Waals surface area contributed by atoms with Crippen molar-refractivity contribution < 1.29 is 22.4 Å². The van der Waals surface area contributed by atoms with Crippen molar-refractivity contribution in [2.24, 2.45) is 0 Å². The summed E-state index contributed by atoms with van der Waals surface area (Å²) >= 11 is 1.60. The molecule has 1 aromatic carbocycles. The van der Waals surface area contributed by atoms with Gasteiger partial charge in [-0.25, -0.2) is 18.2 Å². The quantitative estimate of drug-likeness (QED) is 0.585. The summed E-state index contributed by atoms with van der Waals surface area (Å²) in [7, 11) is -3.80. The molecule has 28 heavy (non-hydrogen) atoms. The van der Waals surface area contributed by atoms with Gasteiger partial charge in [-0.2, -0.15) is 4.31 Å². The van der Waals surface area contributed by atoms with Gasteiger partial charge >= 0.3 is 5.97 Å². The molecule has 10 heteroatoms. The Hall–Kier alpha value is -2.43. The van der Waals surface area contributed by atoms with Crippen molar-refractivity contribution >= 4 is 42.7 Å². The number of furan rings is 1. The monoisotopic (exact) mass is 421 g/mol. The second kappa shape index (κ2) is 7.53. The molecule has 2 aromatic heterocycles. The summed E-state index contributed by atoms with van der Waals surface area (Å²) in [5.74, 6) is -0.793. The number of para-hydroxylation sites is 1. The lowest BCUT2D eigenvalue weighted by molar-refractivity contribution is 0.0483. The highest BCUT2D eigenvalue weighted by Crippen LogP contribution is 2.30. The van der Waals surface area contributed by atoms with E-state index in [1.807, 2.05) is 24.3 Å². The molecule has 148 valence electrons. The van der Waals surface area contributed by atoms with E-state index in [1.54, 1.807) is 18.3 Å². The van der Waals surface area contributed by atoms with Crippen molar-refractivity contribution in [2.75, 3.05) is 37.7 Å². The van der Waals surface area contributed by atoms with Gasteiger partial charge in [0, 0.05) is 26.2 Å². The van der Waals surface area contributed by atoms with Crippen molar-refractivity contribution in [3.63, 3.8) is 0 Å². The highest BCUT2D eigenvalue weighted by molar-refractivity contribution is 7.89. The van der Waals surface area contributed by atoms with Crippen LogP contribution in [-0.4, -0.2) is 56.5 Å². The molecule has 0 amide bonds. The summed E-state index contributed by atoms with van der Waals surface area (Å²) in [6.45, 7) is 3.55. The number of esters is 1. The fraction of sp³-hybridized carbons (Fsp3) is 0.333. The Labute approximate surface area is 166 Å². The Balaban J connectivity index is 1.46. The molecule has 0 saturated carbocycles. The standard InChI is InChI=1S/C18H19N3O5S2/c1-2-25-17(22)14-7-8-16(26-14)28(23,24)21-11-9-20(10-12-21)18-19-13-5-3-4-6-15(13)27-18/h3-8H,2,9-12H2,1H3. The third-order valence-electron chi connectivity index (χ3n) is 4.44.